The van der Waals surface area contributed by atoms with Gasteiger partial charge in [-0.1, -0.05) is 26.0 Å². The predicted molar refractivity (Wildman–Crippen MR) is 174 cm³/mol. The smallest absolute Gasteiger partial charge is 0.338 e. The molecule has 0 bridgehead atoms. The Hall–Kier alpha value is -3.71. The van der Waals surface area contributed by atoms with E-state index in [1.165, 1.54) is 38.4 Å². The molecule has 0 radical (unpaired) electrons. The van der Waals surface area contributed by atoms with E-state index < -0.39 is 39.8 Å². The van der Waals surface area contributed by atoms with E-state index in [4.69, 9.17) is 10.5 Å². The minimum absolute atomic E-state index is 0.00538. The number of nitrogens with two attached hydrogens (primary N) is 1. The molecule has 250 valence electrons. The first-order valence-corrected chi connectivity index (χ1v) is 16.7. The number of halogens is 2. The minimum Gasteiger partial charge on any atom is -0.456 e. The van der Waals surface area contributed by atoms with Gasteiger partial charge in [0, 0.05) is 57.9 Å². The van der Waals surface area contributed by atoms with Crippen molar-refractivity contribution in [2.24, 2.45) is 5.73 Å². The number of hydrogen-bond acceptors (Lipinski definition) is 7. The predicted octanol–water partition coefficient (Wildman–Crippen LogP) is 4.67. The van der Waals surface area contributed by atoms with Crippen molar-refractivity contribution in [2.75, 3.05) is 33.7 Å². The first-order chi connectivity index (χ1) is 21.7. The molecule has 3 aromatic carbocycles. The number of ether oxygens (including phenoxy) is 1. The van der Waals surface area contributed by atoms with Gasteiger partial charge in [0.15, 0.2) is 0 Å². The molecule has 1 amide bonds. The monoisotopic (exact) mass is 658 g/mol. The van der Waals surface area contributed by atoms with Gasteiger partial charge in [-0.25, -0.2) is 26.3 Å². The molecule has 0 spiro atoms. The number of benzene rings is 3. The Kier molecular flexibility index (Phi) is 13.4. The third-order valence-electron chi connectivity index (χ3n) is 7.32. The van der Waals surface area contributed by atoms with E-state index in [-0.39, 0.29) is 35.9 Å². The van der Waals surface area contributed by atoms with E-state index in [9.17, 15) is 26.8 Å². The van der Waals surface area contributed by atoms with Crippen molar-refractivity contribution in [3.05, 3.63) is 100 Å². The number of rotatable bonds is 16. The zero-order valence-corrected chi connectivity index (χ0v) is 27.9. The van der Waals surface area contributed by atoms with Crippen LogP contribution in [0.4, 0.5) is 8.78 Å². The van der Waals surface area contributed by atoms with Crippen molar-refractivity contribution in [2.45, 2.75) is 63.6 Å². The highest BCUT2D eigenvalue weighted by molar-refractivity contribution is 7.89. The molecule has 0 fully saturated rings. The molecule has 0 aliphatic carbocycles. The van der Waals surface area contributed by atoms with Crippen LogP contribution in [0.5, 0.6) is 0 Å². The lowest BCUT2D eigenvalue weighted by Gasteiger charge is -2.25. The zero-order chi connectivity index (χ0) is 34.0. The highest BCUT2D eigenvalue weighted by atomic mass is 32.2. The summed E-state index contributed by atoms with van der Waals surface area (Å²) in [5.74, 6) is -2.39. The number of aryl methyl sites for hydroxylation is 1. The van der Waals surface area contributed by atoms with Crippen LogP contribution in [0.3, 0.4) is 0 Å². The SMILES string of the molecule is CCCN(CCC)C(=O)c1cc(C)cc(C(=O)O[C@@H](CNCc2cccc(S(=O)(=O)N(C)C)c2)[C@@H](N)Cc2cc(F)cc(F)c2)c1. The Balaban J connectivity index is 1.84. The fourth-order valence-electron chi connectivity index (χ4n) is 5.07. The van der Waals surface area contributed by atoms with E-state index in [1.807, 2.05) is 13.8 Å². The average Bonchev–Trinajstić information content (AvgIpc) is 2.99. The second-order valence-electron chi connectivity index (χ2n) is 11.5. The maximum atomic E-state index is 13.9. The normalized spacial score (nSPS) is 13.0. The maximum absolute atomic E-state index is 13.9. The number of nitrogens with zero attached hydrogens (tertiary/aromatic N) is 2. The summed E-state index contributed by atoms with van der Waals surface area (Å²) in [6.45, 7) is 7.22. The van der Waals surface area contributed by atoms with Crippen LogP contribution in [0.2, 0.25) is 0 Å². The Morgan fingerprint density at radius 2 is 1.54 bits per heavy atom. The lowest BCUT2D eigenvalue weighted by Crippen LogP contribution is -2.46. The summed E-state index contributed by atoms with van der Waals surface area (Å²) < 4.78 is 60.0. The standard InChI is InChI=1S/C34H44F2N4O5S/c1-6-11-40(12-7-2)33(41)26-13-23(3)14-27(19-26)34(42)45-32(31(37)18-25-15-28(35)20-29(36)16-25)22-38-21-24-9-8-10-30(17-24)46(43,44)39(4)5/h8-10,13-17,19-20,31-32,38H,6-7,11-12,18,21-22,37H2,1-5H3/t31-,32-/m0/s1. The van der Waals surface area contributed by atoms with Gasteiger partial charge in [0.2, 0.25) is 10.0 Å². The van der Waals surface area contributed by atoms with Gasteiger partial charge < -0.3 is 20.7 Å². The van der Waals surface area contributed by atoms with E-state index in [2.05, 4.69) is 5.32 Å². The lowest BCUT2D eigenvalue weighted by atomic mass is 10.0. The second-order valence-corrected chi connectivity index (χ2v) is 13.7. The van der Waals surface area contributed by atoms with Crippen LogP contribution in [0.15, 0.2) is 65.6 Å². The van der Waals surface area contributed by atoms with E-state index >= 15 is 0 Å². The summed E-state index contributed by atoms with van der Waals surface area (Å²) in [6, 6.07) is 13.5. The van der Waals surface area contributed by atoms with Crippen LogP contribution in [-0.4, -0.2) is 75.4 Å². The molecule has 0 saturated heterocycles. The van der Waals surface area contributed by atoms with Crippen molar-refractivity contribution in [1.29, 1.82) is 0 Å². The number of nitrogens with one attached hydrogen (secondary N) is 1. The second kappa shape index (κ2) is 16.7. The Morgan fingerprint density at radius 1 is 0.913 bits per heavy atom. The summed E-state index contributed by atoms with van der Waals surface area (Å²) in [5.41, 5.74) is 8.68. The van der Waals surface area contributed by atoms with Crippen LogP contribution in [0.25, 0.3) is 0 Å². The molecule has 46 heavy (non-hydrogen) atoms. The number of esters is 1. The van der Waals surface area contributed by atoms with Gasteiger partial charge in [-0.2, -0.15) is 0 Å². The molecule has 3 N–H and O–H groups in total. The first-order valence-electron chi connectivity index (χ1n) is 15.3. The van der Waals surface area contributed by atoms with Gasteiger partial charge in [-0.05, 0) is 85.3 Å². The summed E-state index contributed by atoms with van der Waals surface area (Å²) in [5, 5.41) is 3.17. The molecule has 0 saturated carbocycles. The van der Waals surface area contributed by atoms with Gasteiger partial charge in [-0.15, -0.1) is 0 Å². The third-order valence-corrected chi connectivity index (χ3v) is 9.13. The molecule has 0 aliphatic heterocycles. The Labute approximate surface area is 270 Å². The van der Waals surface area contributed by atoms with Gasteiger partial charge >= 0.3 is 5.97 Å². The highest BCUT2D eigenvalue weighted by Crippen LogP contribution is 2.18. The summed E-state index contributed by atoms with van der Waals surface area (Å²) in [4.78, 5) is 28.7. The highest BCUT2D eigenvalue weighted by Gasteiger charge is 2.25. The van der Waals surface area contributed by atoms with Crippen molar-refractivity contribution < 1.29 is 31.5 Å². The molecule has 9 nitrogen and oxygen atoms in total. The minimum atomic E-state index is -3.64. The van der Waals surface area contributed by atoms with Crippen molar-refractivity contribution >= 4 is 21.9 Å². The number of carbonyl (C=O) groups excluding carboxylic acids is 2. The molecule has 0 heterocycles. The Morgan fingerprint density at radius 3 is 2.15 bits per heavy atom. The fraction of sp³-hybridized carbons (Fsp3) is 0.412. The molecular formula is C34H44F2N4O5S. The molecule has 0 unspecified atom stereocenters. The quantitative estimate of drug-likeness (QED) is 0.215. The van der Waals surface area contributed by atoms with Gasteiger partial charge in [0.1, 0.15) is 17.7 Å². The number of amides is 1. The fourth-order valence-corrected chi connectivity index (χ4v) is 6.04. The van der Waals surface area contributed by atoms with Crippen molar-refractivity contribution in [1.82, 2.24) is 14.5 Å². The molecule has 0 aromatic heterocycles. The van der Waals surface area contributed by atoms with Crippen LogP contribution in [-0.2, 0) is 27.7 Å². The van der Waals surface area contributed by atoms with Gasteiger partial charge in [0.05, 0.1) is 10.5 Å². The summed E-state index contributed by atoms with van der Waals surface area (Å²) >= 11 is 0. The molecule has 0 aliphatic rings. The molecule has 3 aromatic rings. The zero-order valence-electron chi connectivity index (χ0n) is 27.1. The Bertz CT molecular complexity index is 1590. The third kappa shape index (κ3) is 10.1. The molecule has 12 heteroatoms. The van der Waals surface area contributed by atoms with Crippen molar-refractivity contribution in [3.8, 4) is 0 Å². The van der Waals surface area contributed by atoms with Crippen LogP contribution in [0, 0.1) is 18.6 Å². The van der Waals surface area contributed by atoms with Gasteiger partial charge in [0.25, 0.3) is 5.91 Å². The van der Waals surface area contributed by atoms with Crippen LogP contribution >= 0.6 is 0 Å². The topological polar surface area (TPSA) is 122 Å². The van der Waals surface area contributed by atoms with Crippen LogP contribution in [0.1, 0.15) is 64.1 Å². The number of hydrogen-bond donors (Lipinski definition) is 2. The molecular weight excluding hydrogens is 614 g/mol. The molecule has 3 rings (SSSR count). The first kappa shape index (κ1) is 36.8. The van der Waals surface area contributed by atoms with E-state index in [1.54, 1.807) is 42.2 Å². The number of sulfonamides is 1. The largest absolute Gasteiger partial charge is 0.456 e. The summed E-state index contributed by atoms with van der Waals surface area (Å²) in [7, 11) is -0.742. The van der Waals surface area contributed by atoms with E-state index in [0.29, 0.717) is 35.3 Å². The molecule has 2 atom stereocenters. The van der Waals surface area contributed by atoms with Crippen LogP contribution < -0.4 is 11.1 Å². The lowest BCUT2D eigenvalue weighted by molar-refractivity contribution is 0.0238. The van der Waals surface area contributed by atoms with Gasteiger partial charge in [-0.3, -0.25) is 4.79 Å². The van der Waals surface area contributed by atoms with E-state index in [0.717, 1.165) is 23.2 Å². The maximum Gasteiger partial charge on any atom is 0.338 e. The van der Waals surface area contributed by atoms with Crippen molar-refractivity contribution in [3.63, 3.8) is 0 Å². The average molecular weight is 659 g/mol. The summed E-state index contributed by atoms with van der Waals surface area (Å²) in [6.07, 6.45) is 0.642. The number of carbonyl (C=O) groups is 2.